The Bertz CT molecular complexity index is 584. The van der Waals surface area contributed by atoms with E-state index in [0.29, 0.717) is 6.07 Å². The molecule has 1 amide bonds. The van der Waals surface area contributed by atoms with Gasteiger partial charge < -0.3 is 5.32 Å². The lowest BCUT2D eigenvalue weighted by atomic mass is 10.2. The van der Waals surface area contributed by atoms with Crippen LogP contribution < -0.4 is 5.32 Å². The molecule has 2 aromatic rings. The fourth-order valence-corrected chi connectivity index (χ4v) is 1.52. The molecule has 0 saturated carbocycles. The lowest BCUT2D eigenvalue weighted by Gasteiger charge is -2.04. The van der Waals surface area contributed by atoms with Gasteiger partial charge in [0.25, 0.3) is 5.91 Å². The molecule has 92 valence electrons. The Hall–Kier alpha value is -2.01. The van der Waals surface area contributed by atoms with Gasteiger partial charge in [0, 0.05) is 11.6 Å². The molecule has 0 aliphatic heterocycles. The maximum absolute atomic E-state index is 12.9. The van der Waals surface area contributed by atoms with Crippen molar-refractivity contribution in [3.05, 3.63) is 58.7 Å². The van der Waals surface area contributed by atoms with Gasteiger partial charge in [0.05, 0.1) is 0 Å². The summed E-state index contributed by atoms with van der Waals surface area (Å²) in [6.45, 7) is 0. The third-order valence-corrected chi connectivity index (χ3v) is 2.29. The largest absolute Gasteiger partial charge is 0.307 e. The maximum Gasteiger partial charge on any atom is 0.257 e. The zero-order valence-electron chi connectivity index (χ0n) is 8.95. The molecule has 3 nitrogen and oxygen atoms in total. The predicted octanol–water partition coefficient (Wildman–Crippen LogP) is 3.27. The Morgan fingerprint density at radius 2 is 1.83 bits per heavy atom. The first-order valence-corrected chi connectivity index (χ1v) is 5.32. The number of hydrogen-bond acceptors (Lipinski definition) is 2. The van der Waals surface area contributed by atoms with Crippen LogP contribution in [0.2, 0.25) is 5.15 Å². The number of carbonyl (C=O) groups excluding carboxylic acids is 1. The van der Waals surface area contributed by atoms with E-state index < -0.39 is 17.5 Å². The first-order chi connectivity index (χ1) is 8.54. The van der Waals surface area contributed by atoms with Gasteiger partial charge in [0.2, 0.25) is 0 Å². The number of pyridine rings is 1. The first-order valence-electron chi connectivity index (χ1n) is 4.94. The van der Waals surface area contributed by atoms with E-state index in [1.165, 1.54) is 6.07 Å². The fourth-order valence-electron chi connectivity index (χ4n) is 1.35. The Kier molecular flexibility index (Phi) is 3.53. The number of benzene rings is 1. The highest BCUT2D eigenvalue weighted by molar-refractivity contribution is 6.29. The van der Waals surface area contributed by atoms with Crippen LogP contribution in [0.4, 0.5) is 14.6 Å². The second-order valence-corrected chi connectivity index (χ2v) is 3.85. The molecule has 0 spiro atoms. The van der Waals surface area contributed by atoms with E-state index in [9.17, 15) is 13.6 Å². The minimum absolute atomic E-state index is 0.130. The van der Waals surface area contributed by atoms with Crippen LogP contribution in [-0.2, 0) is 0 Å². The maximum atomic E-state index is 12.9. The zero-order chi connectivity index (χ0) is 13.1. The van der Waals surface area contributed by atoms with Gasteiger partial charge in [0.1, 0.15) is 22.6 Å². The third-order valence-electron chi connectivity index (χ3n) is 2.08. The Labute approximate surface area is 106 Å². The second kappa shape index (κ2) is 5.10. The van der Waals surface area contributed by atoms with E-state index >= 15 is 0 Å². The predicted molar refractivity (Wildman–Crippen MR) is 63.6 cm³/mol. The van der Waals surface area contributed by atoms with Crippen molar-refractivity contribution >= 4 is 23.3 Å². The number of halogens is 3. The van der Waals surface area contributed by atoms with Crippen molar-refractivity contribution in [1.29, 1.82) is 0 Å². The van der Waals surface area contributed by atoms with E-state index in [-0.39, 0.29) is 16.5 Å². The minimum Gasteiger partial charge on any atom is -0.307 e. The number of carbonyl (C=O) groups is 1. The Balaban J connectivity index is 2.22. The van der Waals surface area contributed by atoms with Crippen molar-refractivity contribution in [2.75, 3.05) is 5.32 Å². The average Bonchev–Trinajstić information content (AvgIpc) is 2.27. The summed E-state index contributed by atoms with van der Waals surface area (Å²) >= 11 is 5.64. The lowest BCUT2D eigenvalue weighted by molar-refractivity contribution is 0.102. The Morgan fingerprint density at radius 1 is 1.17 bits per heavy atom. The first kappa shape index (κ1) is 12.4. The lowest BCUT2D eigenvalue weighted by Crippen LogP contribution is -2.13. The van der Waals surface area contributed by atoms with Crippen molar-refractivity contribution in [1.82, 2.24) is 4.98 Å². The second-order valence-electron chi connectivity index (χ2n) is 3.46. The van der Waals surface area contributed by atoms with Crippen molar-refractivity contribution in [2.24, 2.45) is 0 Å². The smallest absolute Gasteiger partial charge is 0.257 e. The van der Waals surface area contributed by atoms with E-state index in [1.54, 1.807) is 12.1 Å². The summed E-state index contributed by atoms with van der Waals surface area (Å²) in [7, 11) is 0. The van der Waals surface area contributed by atoms with Crippen molar-refractivity contribution < 1.29 is 13.6 Å². The summed E-state index contributed by atoms with van der Waals surface area (Å²) in [5, 5.41) is 2.59. The molecule has 0 radical (unpaired) electrons. The van der Waals surface area contributed by atoms with Gasteiger partial charge in [-0.1, -0.05) is 17.7 Å². The number of amides is 1. The molecule has 1 aromatic carbocycles. The molecule has 18 heavy (non-hydrogen) atoms. The highest BCUT2D eigenvalue weighted by atomic mass is 35.5. The monoisotopic (exact) mass is 268 g/mol. The SMILES string of the molecule is O=C(Nc1cccc(Cl)n1)c1cc(F)cc(F)c1. The molecule has 2 rings (SSSR count). The van der Waals surface area contributed by atoms with Gasteiger partial charge in [0.15, 0.2) is 0 Å². The fraction of sp³-hybridized carbons (Fsp3) is 0. The minimum atomic E-state index is -0.820. The van der Waals surface area contributed by atoms with E-state index in [0.717, 1.165) is 12.1 Å². The van der Waals surface area contributed by atoms with Crippen LogP contribution >= 0.6 is 11.6 Å². The highest BCUT2D eigenvalue weighted by Gasteiger charge is 2.10. The van der Waals surface area contributed by atoms with Crippen LogP contribution in [-0.4, -0.2) is 10.9 Å². The van der Waals surface area contributed by atoms with Gasteiger partial charge in [-0.15, -0.1) is 0 Å². The van der Waals surface area contributed by atoms with Gasteiger partial charge in [-0.25, -0.2) is 13.8 Å². The Morgan fingerprint density at radius 3 is 2.44 bits per heavy atom. The van der Waals surface area contributed by atoms with Crippen LogP contribution in [0.5, 0.6) is 0 Å². The molecule has 0 unspecified atom stereocenters. The molecule has 1 N–H and O–H groups in total. The summed E-state index contributed by atoms with van der Waals surface area (Å²) < 4.78 is 25.9. The molecular formula is C12H7ClF2N2O. The normalized spacial score (nSPS) is 10.2. The van der Waals surface area contributed by atoms with Crippen LogP contribution in [0.3, 0.4) is 0 Å². The standard InChI is InChI=1S/C12H7ClF2N2O/c13-10-2-1-3-11(16-10)17-12(18)7-4-8(14)6-9(15)5-7/h1-6H,(H,16,17,18). The van der Waals surface area contributed by atoms with E-state index in [4.69, 9.17) is 11.6 Å². The van der Waals surface area contributed by atoms with Crippen LogP contribution in [0.25, 0.3) is 0 Å². The molecule has 0 atom stereocenters. The molecule has 0 aliphatic rings. The van der Waals surface area contributed by atoms with Crippen LogP contribution in [0.1, 0.15) is 10.4 Å². The third kappa shape index (κ3) is 3.01. The molecule has 0 aliphatic carbocycles. The summed E-state index contributed by atoms with van der Waals surface area (Å²) in [4.78, 5) is 15.5. The molecule has 1 heterocycles. The van der Waals surface area contributed by atoms with Crippen LogP contribution in [0, 0.1) is 11.6 Å². The van der Waals surface area contributed by atoms with E-state index in [1.807, 2.05) is 0 Å². The average molecular weight is 269 g/mol. The summed E-state index contributed by atoms with van der Waals surface area (Å²) in [6, 6.07) is 7.20. The van der Waals surface area contributed by atoms with Crippen molar-refractivity contribution in [3.8, 4) is 0 Å². The molecular weight excluding hydrogens is 262 g/mol. The summed E-state index contributed by atoms with van der Waals surface area (Å²) in [5.41, 5.74) is -0.130. The molecule has 0 bridgehead atoms. The number of hydrogen-bond donors (Lipinski definition) is 1. The molecule has 0 fully saturated rings. The number of nitrogens with zero attached hydrogens (tertiary/aromatic N) is 1. The van der Waals surface area contributed by atoms with Crippen molar-refractivity contribution in [3.63, 3.8) is 0 Å². The van der Waals surface area contributed by atoms with Gasteiger partial charge in [-0.2, -0.15) is 0 Å². The van der Waals surface area contributed by atoms with Crippen LogP contribution in [0.15, 0.2) is 36.4 Å². The summed E-state index contributed by atoms with van der Waals surface area (Å²) in [6.07, 6.45) is 0. The number of anilines is 1. The van der Waals surface area contributed by atoms with E-state index in [2.05, 4.69) is 10.3 Å². The molecule has 0 saturated heterocycles. The number of aromatic nitrogens is 1. The number of nitrogens with one attached hydrogen (secondary N) is 1. The topological polar surface area (TPSA) is 42.0 Å². The summed E-state index contributed by atoms with van der Waals surface area (Å²) in [5.74, 6) is -2.10. The van der Waals surface area contributed by atoms with Gasteiger partial charge in [-0.05, 0) is 24.3 Å². The quantitative estimate of drug-likeness (QED) is 0.850. The molecule has 6 heteroatoms. The highest BCUT2D eigenvalue weighted by Crippen LogP contribution is 2.12. The van der Waals surface area contributed by atoms with Crippen molar-refractivity contribution in [2.45, 2.75) is 0 Å². The zero-order valence-corrected chi connectivity index (χ0v) is 9.71. The van der Waals surface area contributed by atoms with Gasteiger partial charge >= 0.3 is 0 Å². The van der Waals surface area contributed by atoms with Gasteiger partial charge in [-0.3, -0.25) is 4.79 Å². The number of rotatable bonds is 2. The molecule has 1 aromatic heterocycles.